The average molecular weight is 345 g/mol. The molecule has 1 aliphatic heterocycles. The van der Waals surface area contributed by atoms with Gasteiger partial charge >= 0.3 is 11.7 Å². The van der Waals surface area contributed by atoms with Gasteiger partial charge in [-0.3, -0.25) is 19.1 Å². The number of carbonyl (C=O) groups is 1. The summed E-state index contributed by atoms with van der Waals surface area (Å²) >= 11 is 3.09. The summed E-state index contributed by atoms with van der Waals surface area (Å²) in [5.41, 5.74) is -0.986. The fourth-order valence-corrected chi connectivity index (χ4v) is 3.14. The zero-order valence-corrected chi connectivity index (χ0v) is 12.4. The van der Waals surface area contributed by atoms with Gasteiger partial charge in [-0.05, 0) is 15.9 Å². The molecule has 108 valence electrons. The predicted molar refractivity (Wildman–Crippen MR) is 71.1 cm³/mol. The zero-order chi connectivity index (χ0) is 14.6. The number of hydrogen-bond acceptors (Lipinski definition) is 5. The Bertz CT molecular complexity index is 681. The van der Waals surface area contributed by atoms with Gasteiger partial charge in [0, 0.05) is 25.0 Å². The van der Waals surface area contributed by atoms with Gasteiger partial charge in [-0.25, -0.2) is 4.79 Å². The Balaban J connectivity index is 1.83. The standard InChI is InChI=1S/C12H13BrN2O5/c1-4-7-8(19-5(2)16)9(7)20-11(4)15-3-6(13)10(17)14-12(15)18/h3-4,7-9,11H,1-2H3,(H,14,17,18)/t4-,7?,8?,9-,11+/m0/s1. The Hall–Kier alpha value is -1.41. The van der Waals surface area contributed by atoms with E-state index in [2.05, 4.69) is 20.9 Å². The van der Waals surface area contributed by atoms with E-state index in [1.54, 1.807) is 0 Å². The molecule has 2 fully saturated rings. The Morgan fingerprint density at radius 3 is 2.75 bits per heavy atom. The van der Waals surface area contributed by atoms with Crippen molar-refractivity contribution in [2.75, 3.05) is 0 Å². The summed E-state index contributed by atoms with van der Waals surface area (Å²) in [5, 5.41) is 0. The fraction of sp³-hybridized carbons (Fsp3) is 0.583. The normalized spacial score (nSPS) is 34.6. The lowest BCUT2D eigenvalue weighted by molar-refractivity contribution is -0.147. The maximum absolute atomic E-state index is 11.8. The zero-order valence-electron chi connectivity index (χ0n) is 10.8. The van der Waals surface area contributed by atoms with Gasteiger partial charge in [-0.15, -0.1) is 0 Å². The molecule has 2 heterocycles. The van der Waals surface area contributed by atoms with Crippen LogP contribution in [0.25, 0.3) is 0 Å². The fourth-order valence-electron chi connectivity index (χ4n) is 2.83. The molecule has 2 aliphatic rings. The minimum absolute atomic E-state index is 0.0138. The average Bonchev–Trinajstić information content (AvgIpc) is 2.89. The van der Waals surface area contributed by atoms with Crippen molar-refractivity contribution in [2.24, 2.45) is 11.8 Å². The van der Waals surface area contributed by atoms with Crippen LogP contribution in [0.15, 0.2) is 20.3 Å². The van der Waals surface area contributed by atoms with Crippen LogP contribution in [0, 0.1) is 11.8 Å². The van der Waals surface area contributed by atoms with Crippen LogP contribution in [0.4, 0.5) is 0 Å². The van der Waals surface area contributed by atoms with Crippen LogP contribution in [-0.2, 0) is 14.3 Å². The second kappa shape index (κ2) is 4.56. The van der Waals surface area contributed by atoms with Gasteiger partial charge in [-0.1, -0.05) is 6.92 Å². The van der Waals surface area contributed by atoms with E-state index < -0.39 is 17.5 Å². The minimum Gasteiger partial charge on any atom is -0.459 e. The highest BCUT2D eigenvalue weighted by atomic mass is 79.9. The van der Waals surface area contributed by atoms with Crippen molar-refractivity contribution < 1.29 is 14.3 Å². The Morgan fingerprint density at radius 1 is 1.50 bits per heavy atom. The monoisotopic (exact) mass is 344 g/mol. The van der Waals surface area contributed by atoms with Gasteiger partial charge in [0.25, 0.3) is 5.56 Å². The van der Waals surface area contributed by atoms with Gasteiger partial charge < -0.3 is 9.47 Å². The molecule has 0 bridgehead atoms. The lowest BCUT2D eigenvalue weighted by Gasteiger charge is -2.22. The number of hydrogen-bond donors (Lipinski definition) is 1. The highest BCUT2D eigenvalue weighted by molar-refractivity contribution is 9.10. The summed E-state index contributed by atoms with van der Waals surface area (Å²) in [6.45, 7) is 3.30. The molecule has 1 aromatic rings. The highest BCUT2D eigenvalue weighted by Gasteiger charge is 2.65. The summed E-state index contributed by atoms with van der Waals surface area (Å²) in [5.74, 6) is -0.220. The number of esters is 1. The van der Waals surface area contributed by atoms with Crippen LogP contribution in [0.2, 0.25) is 0 Å². The first-order chi connectivity index (χ1) is 9.40. The summed E-state index contributed by atoms with van der Waals surface area (Å²) < 4.78 is 12.5. The number of nitrogens with zero attached hydrogens (tertiary/aromatic N) is 1. The lowest BCUT2D eigenvalue weighted by atomic mass is 10.1. The van der Waals surface area contributed by atoms with E-state index >= 15 is 0 Å². The van der Waals surface area contributed by atoms with Crippen molar-refractivity contribution in [3.63, 3.8) is 0 Å². The maximum atomic E-state index is 11.8. The molecular formula is C12H13BrN2O5. The lowest BCUT2D eigenvalue weighted by Crippen LogP contribution is -2.35. The molecule has 1 aromatic heterocycles. The number of aromatic amines is 1. The third kappa shape index (κ3) is 2.03. The van der Waals surface area contributed by atoms with E-state index in [4.69, 9.17) is 9.47 Å². The van der Waals surface area contributed by atoms with Gasteiger partial charge in [-0.2, -0.15) is 0 Å². The van der Waals surface area contributed by atoms with Gasteiger partial charge in [0.1, 0.15) is 18.4 Å². The molecule has 5 atom stereocenters. The number of H-pyrrole nitrogens is 1. The minimum atomic E-state index is -0.514. The predicted octanol–water partition coefficient (Wildman–Crippen LogP) is 0.394. The molecule has 20 heavy (non-hydrogen) atoms. The van der Waals surface area contributed by atoms with Gasteiger partial charge in [0.05, 0.1) is 4.47 Å². The summed E-state index contributed by atoms with van der Waals surface area (Å²) in [6, 6.07) is 0. The topological polar surface area (TPSA) is 90.4 Å². The van der Waals surface area contributed by atoms with E-state index in [1.165, 1.54) is 17.7 Å². The third-order valence-corrected chi connectivity index (χ3v) is 4.36. The highest BCUT2D eigenvalue weighted by Crippen LogP contribution is 2.54. The van der Waals surface area contributed by atoms with Crippen LogP contribution in [0.3, 0.4) is 0 Å². The first-order valence-corrected chi connectivity index (χ1v) is 7.03. The van der Waals surface area contributed by atoms with Crippen molar-refractivity contribution in [3.05, 3.63) is 31.5 Å². The Morgan fingerprint density at radius 2 is 2.20 bits per heavy atom. The molecule has 3 rings (SSSR count). The van der Waals surface area contributed by atoms with Crippen LogP contribution >= 0.6 is 15.9 Å². The van der Waals surface area contributed by atoms with Crippen LogP contribution in [0.5, 0.6) is 0 Å². The molecule has 7 nitrogen and oxygen atoms in total. The number of nitrogens with one attached hydrogen (secondary N) is 1. The molecule has 1 aliphatic carbocycles. The summed E-state index contributed by atoms with van der Waals surface area (Å²) in [4.78, 5) is 36.3. The van der Waals surface area contributed by atoms with Crippen molar-refractivity contribution in [3.8, 4) is 0 Å². The molecule has 8 heteroatoms. The van der Waals surface area contributed by atoms with Crippen LogP contribution in [-0.4, -0.2) is 27.7 Å². The van der Waals surface area contributed by atoms with Crippen molar-refractivity contribution in [1.29, 1.82) is 0 Å². The van der Waals surface area contributed by atoms with Crippen molar-refractivity contribution in [2.45, 2.75) is 32.3 Å². The van der Waals surface area contributed by atoms with E-state index in [1.807, 2.05) is 6.92 Å². The quantitative estimate of drug-likeness (QED) is 0.784. The molecule has 0 spiro atoms. The molecule has 1 saturated carbocycles. The second-order valence-corrected chi connectivity index (χ2v) is 6.00. The molecule has 1 saturated heterocycles. The molecule has 0 amide bonds. The molecular weight excluding hydrogens is 332 g/mol. The maximum Gasteiger partial charge on any atom is 0.330 e. The van der Waals surface area contributed by atoms with E-state index in [0.29, 0.717) is 0 Å². The molecule has 0 radical (unpaired) electrons. The van der Waals surface area contributed by atoms with Crippen LogP contribution < -0.4 is 11.2 Å². The molecule has 2 unspecified atom stereocenters. The molecule has 1 N–H and O–H groups in total. The number of carbonyl (C=O) groups excluding carboxylic acids is 1. The van der Waals surface area contributed by atoms with E-state index in [9.17, 15) is 14.4 Å². The summed E-state index contributed by atoms with van der Waals surface area (Å²) in [7, 11) is 0. The smallest absolute Gasteiger partial charge is 0.330 e. The largest absolute Gasteiger partial charge is 0.459 e. The summed E-state index contributed by atoms with van der Waals surface area (Å²) in [6.07, 6.45) is 0.572. The van der Waals surface area contributed by atoms with Gasteiger partial charge in [0.2, 0.25) is 0 Å². The first-order valence-electron chi connectivity index (χ1n) is 6.24. The number of ether oxygens (including phenoxy) is 2. The van der Waals surface area contributed by atoms with Crippen molar-refractivity contribution >= 4 is 21.9 Å². The first kappa shape index (κ1) is 13.6. The Labute approximate surface area is 122 Å². The Kier molecular flexibility index (Phi) is 3.09. The van der Waals surface area contributed by atoms with Gasteiger partial charge in [0.15, 0.2) is 0 Å². The number of halogens is 1. The SMILES string of the molecule is CC(=O)OC1C2[C@@H]1O[C@@H](n1cc(Br)c(=O)[nH]c1=O)[C@H]2C. The molecule has 0 aromatic carbocycles. The van der Waals surface area contributed by atoms with Crippen LogP contribution in [0.1, 0.15) is 20.1 Å². The van der Waals surface area contributed by atoms with Crippen molar-refractivity contribution in [1.82, 2.24) is 9.55 Å². The number of fused-ring (bicyclic) bond motifs is 1. The van der Waals surface area contributed by atoms with E-state index in [0.717, 1.165) is 0 Å². The van der Waals surface area contributed by atoms with E-state index in [-0.39, 0.29) is 34.5 Å². The number of rotatable bonds is 2. The third-order valence-electron chi connectivity index (χ3n) is 3.80. The number of aromatic nitrogens is 2. The second-order valence-electron chi connectivity index (χ2n) is 5.15.